The summed E-state index contributed by atoms with van der Waals surface area (Å²) < 4.78 is 62.2. The van der Waals surface area contributed by atoms with Crippen molar-refractivity contribution >= 4 is 0 Å². The number of benzene rings is 1. The third kappa shape index (κ3) is 7.70. The molecule has 0 unspecified atom stereocenters. The first kappa shape index (κ1) is 29.6. The van der Waals surface area contributed by atoms with Gasteiger partial charge in [-0.05, 0) is 87.2 Å². The highest BCUT2D eigenvalue weighted by molar-refractivity contribution is 5.39. The number of hydrogen-bond donors (Lipinski definition) is 1. The van der Waals surface area contributed by atoms with E-state index in [1.807, 2.05) is 6.92 Å². The summed E-state index contributed by atoms with van der Waals surface area (Å²) in [6, 6.07) is 3.43. The summed E-state index contributed by atoms with van der Waals surface area (Å²) in [5, 5.41) is 9.66. The van der Waals surface area contributed by atoms with Crippen LogP contribution in [0.4, 0.5) is 17.6 Å². The molecule has 1 N–H and O–H groups in total. The number of rotatable bonds is 7. The van der Waals surface area contributed by atoms with E-state index in [1.165, 1.54) is 13.2 Å². The molecule has 0 aliphatic heterocycles. The SMILES string of the molecule is C=C(/C=C/C1CCC(c2ccc(C3CCC(O)CC3)c(F)c2F)CC1)/C(F)=C(/F)C(=C)OC.C=CC. The van der Waals surface area contributed by atoms with Crippen LogP contribution in [-0.4, -0.2) is 18.3 Å². The van der Waals surface area contributed by atoms with Gasteiger partial charge in [0.2, 0.25) is 5.83 Å². The van der Waals surface area contributed by atoms with Crippen LogP contribution < -0.4 is 0 Å². The van der Waals surface area contributed by atoms with Gasteiger partial charge in [-0.3, -0.25) is 0 Å². The lowest BCUT2D eigenvalue weighted by Crippen LogP contribution is -2.19. The van der Waals surface area contributed by atoms with Crippen molar-refractivity contribution in [2.45, 2.75) is 76.2 Å². The van der Waals surface area contributed by atoms with E-state index in [2.05, 4.69) is 24.5 Å². The number of aliphatic hydroxyl groups is 1. The third-order valence-corrected chi connectivity index (χ3v) is 7.03. The molecule has 0 saturated heterocycles. The number of allylic oxidation sites excluding steroid dienone is 6. The Morgan fingerprint density at radius 1 is 0.889 bits per heavy atom. The molecule has 6 heteroatoms. The van der Waals surface area contributed by atoms with Gasteiger partial charge in [0, 0.05) is 5.57 Å². The summed E-state index contributed by atoms with van der Waals surface area (Å²) in [6.07, 6.45) is 10.0. The van der Waals surface area contributed by atoms with Crippen LogP contribution in [-0.2, 0) is 4.74 Å². The number of halogens is 4. The summed E-state index contributed by atoms with van der Waals surface area (Å²) in [6.45, 7) is 12.1. The fourth-order valence-corrected chi connectivity index (χ4v) is 4.90. The Balaban J connectivity index is 0.00000145. The van der Waals surface area contributed by atoms with Crippen molar-refractivity contribution in [3.05, 3.63) is 95.8 Å². The van der Waals surface area contributed by atoms with Gasteiger partial charge in [0.25, 0.3) is 0 Å². The van der Waals surface area contributed by atoms with E-state index in [4.69, 9.17) is 0 Å². The molecule has 2 nitrogen and oxygen atoms in total. The van der Waals surface area contributed by atoms with Crippen LogP contribution >= 0.6 is 0 Å². The maximum Gasteiger partial charge on any atom is 0.200 e. The monoisotopic (exact) mass is 506 g/mol. The van der Waals surface area contributed by atoms with Gasteiger partial charge in [-0.1, -0.05) is 43.5 Å². The minimum atomic E-state index is -1.18. The zero-order chi connectivity index (χ0) is 26.8. The minimum absolute atomic E-state index is 0.0498. The van der Waals surface area contributed by atoms with Gasteiger partial charge in [-0.2, -0.15) is 4.39 Å². The predicted molar refractivity (Wildman–Crippen MR) is 138 cm³/mol. The number of ether oxygens (including phenoxy) is 1. The van der Waals surface area contributed by atoms with Crippen LogP contribution in [0.15, 0.2) is 73.1 Å². The molecule has 0 amide bonds. The van der Waals surface area contributed by atoms with E-state index in [9.17, 15) is 22.7 Å². The van der Waals surface area contributed by atoms with Crippen LogP contribution in [0.5, 0.6) is 0 Å². The lowest BCUT2D eigenvalue weighted by molar-refractivity contribution is 0.122. The Kier molecular flexibility index (Phi) is 11.7. The lowest BCUT2D eigenvalue weighted by atomic mass is 9.77. The minimum Gasteiger partial charge on any atom is -0.494 e. The average molecular weight is 507 g/mol. The van der Waals surface area contributed by atoms with E-state index in [0.717, 1.165) is 12.8 Å². The lowest BCUT2D eigenvalue weighted by Gasteiger charge is -2.29. The van der Waals surface area contributed by atoms with Gasteiger partial charge < -0.3 is 9.84 Å². The molecule has 2 aliphatic carbocycles. The van der Waals surface area contributed by atoms with Gasteiger partial charge in [-0.15, -0.1) is 6.58 Å². The van der Waals surface area contributed by atoms with Gasteiger partial charge in [0.1, 0.15) is 5.76 Å². The quantitative estimate of drug-likeness (QED) is 0.173. The standard InChI is InChI=1S/C27H32F4O2.C3H6/c1-16(24(28)25(29)17(2)33-3)4-5-18-6-8-19(9-7-18)22-14-15-23(27(31)26(22)30)20-10-12-21(32)13-11-20;1-3-2/h4-5,14-15,18-21,32H,1-2,6-13H2,3H3;3H,1H2,2H3/b5-4+,25-24-;. The molecule has 1 aromatic carbocycles. The highest BCUT2D eigenvalue weighted by atomic mass is 19.2. The van der Waals surface area contributed by atoms with Gasteiger partial charge in [0.15, 0.2) is 17.5 Å². The molecule has 2 saturated carbocycles. The second kappa shape index (κ2) is 14.2. The summed E-state index contributed by atoms with van der Waals surface area (Å²) in [7, 11) is 1.20. The van der Waals surface area contributed by atoms with Crippen molar-refractivity contribution < 1.29 is 27.4 Å². The molecule has 0 spiro atoms. The van der Waals surface area contributed by atoms with Gasteiger partial charge in [-0.25, -0.2) is 13.2 Å². The maximum atomic E-state index is 14.9. The Labute approximate surface area is 212 Å². The van der Waals surface area contributed by atoms with Crippen LogP contribution in [0.25, 0.3) is 0 Å². The highest BCUT2D eigenvalue weighted by Gasteiger charge is 2.29. The van der Waals surface area contributed by atoms with Crippen LogP contribution in [0.3, 0.4) is 0 Å². The van der Waals surface area contributed by atoms with E-state index in [0.29, 0.717) is 49.7 Å². The smallest absolute Gasteiger partial charge is 0.200 e. The third-order valence-electron chi connectivity index (χ3n) is 7.03. The van der Waals surface area contributed by atoms with Crippen molar-refractivity contribution in [2.75, 3.05) is 7.11 Å². The predicted octanol–water partition coefficient (Wildman–Crippen LogP) is 8.87. The molecular weight excluding hydrogens is 468 g/mol. The molecule has 0 heterocycles. The molecule has 0 radical (unpaired) electrons. The molecule has 3 rings (SSSR count). The fraction of sp³-hybridized carbons (Fsp3) is 0.467. The number of methoxy groups -OCH3 is 1. The van der Waals surface area contributed by atoms with Crippen LogP contribution in [0.2, 0.25) is 0 Å². The van der Waals surface area contributed by atoms with Gasteiger partial charge in [0.05, 0.1) is 13.2 Å². The van der Waals surface area contributed by atoms with Crippen molar-refractivity contribution in [3.8, 4) is 0 Å². The first-order chi connectivity index (χ1) is 17.1. The summed E-state index contributed by atoms with van der Waals surface area (Å²) >= 11 is 0. The van der Waals surface area contributed by atoms with Crippen LogP contribution in [0.1, 0.15) is 81.3 Å². The molecule has 36 heavy (non-hydrogen) atoms. The van der Waals surface area contributed by atoms with Gasteiger partial charge >= 0.3 is 0 Å². The Morgan fingerprint density at radius 2 is 1.33 bits per heavy atom. The number of aliphatic hydroxyl groups excluding tert-OH is 1. The van der Waals surface area contributed by atoms with Crippen molar-refractivity contribution in [2.24, 2.45) is 5.92 Å². The average Bonchev–Trinajstić information content (AvgIpc) is 2.89. The summed E-state index contributed by atoms with van der Waals surface area (Å²) in [5.41, 5.74) is 0.719. The van der Waals surface area contributed by atoms with Crippen LogP contribution in [0, 0.1) is 17.6 Å². The van der Waals surface area contributed by atoms with E-state index >= 15 is 0 Å². The normalized spacial score (nSPS) is 24.9. The number of hydrogen-bond acceptors (Lipinski definition) is 2. The van der Waals surface area contributed by atoms with E-state index in [1.54, 1.807) is 24.3 Å². The second-order valence-corrected chi connectivity index (χ2v) is 9.54. The Morgan fingerprint density at radius 3 is 1.78 bits per heavy atom. The first-order valence-corrected chi connectivity index (χ1v) is 12.5. The van der Waals surface area contributed by atoms with Crippen molar-refractivity contribution in [3.63, 3.8) is 0 Å². The highest BCUT2D eigenvalue weighted by Crippen LogP contribution is 2.41. The first-order valence-electron chi connectivity index (χ1n) is 12.5. The summed E-state index contributed by atoms with van der Waals surface area (Å²) in [5.74, 6) is -4.21. The second-order valence-electron chi connectivity index (χ2n) is 9.54. The van der Waals surface area contributed by atoms with E-state index in [-0.39, 0.29) is 29.4 Å². The molecule has 1 aromatic rings. The topological polar surface area (TPSA) is 29.5 Å². The van der Waals surface area contributed by atoms with Crippen molar-refractivity contribution in [1.82, 2.24) is 0 Å². The Bertz CT molecular complexity index is 979. The molecular formula is C30H38F4O2. The molecule has 0 aromatic heterocycles. The van der Waals surface area contributed by atoms with Crippen molar-refractivity contribution in [1.29, 1.82) is 0 Å². The Hall–Kier alpha value is -2.60. The molecule has 0 bridgehead atoms. The molecule has 0 atom stereocenters. The zero-order valence-electron chi connectivity index (χ0n) is 21.3. The zero-order valence-corrected chi connectivity index (χ0v) is 21.3. The summed E-state index contributed by atoms with van der Waals surface area (Å²) in [4.78, 5) is 0. The molecule has 2 fully saturated rings. The molecule has 198 valence electrons. The fourth-order valence-electron chi connectivity index (χ4n) is 4.90. The largest absolute Gasteiger partial charge is 0.494 e. The maximum absolute atomic E-state index is 14.9. The van der Waals surface area contributed by atoms with E-state index < -0.39 is 29.0 Å². The molecule has 2 aliphatic rings.